The average Bonchev–Trinajstić information content (AvgIpc) is 3.26. The monoisotopic (exact) mass is 599 g/mol. The summed E-state index contributed by atoms with van der Waals surface area (Å²) in [7, 11) is 0. The van der Waals surface area contributed by atoms with Gasteiger partial charge in [0.15, 0.2) is 5.78 Å². The number of hydrogen-bond donors (Lipinski definition) is 4. The maximum absolute atomic E-state index is 14.0. The van der Waals surface area contributed by atoms with Crippen LogP contribution in [0.15, 0.2) is 59.8 Å². The molecule has 0 aromatic heterocycles. The second-order valence-electron chi connectivity index (χ2n) is 13.0. The SMILES string of the molecule is CC(C)CC1C(=O)N2c3ccccc3C(C[C@@H]3NCC4=C(C(=O)CC(=O)C4)N4Cc5ccccc5NC34)C2(O)N1CC(=O)O. The quantitative estimate of drug-likeness (QED) is 0.366. The van der Waals surface area contributed by atoms with E-state index < -0.39 is 36.5 Å². The first-order valence-electron chi connectivity index (χ1n) is 15.3. The summed E-state index contributed by atoms with van der Waals surface area (Å²) in [5.74, 6) is -4.19. The molecule has 2 aromatic carbocycles. The van der Waals surface area contributed by atoms with Gasteiger partial charge in [-0.05, 0) is 47.6 Å². The molecule has 4 heterocycles. The van der Waals surface area contributed by atoms with Crippen LogP contribution in [0.2, 0.25) is 0 Å². The largest absolute Gasteiger partial charge is 0.480 e. The van der Waals surface area contributed by atoms with Crippen molar-refractivity contribution in [2.24, 2.45) is 5.92 Å². The molecule has 0 bridgehead atoms. The normalized spacial score (nSPS) is 29.6. The summed E-state index contributed by atoms with van der Waals surface area (Å²) in [5.41, 5.74) is 4.64. The highest BCUT2D eigenvalue weighted by Crippen LogP contribution is 2.55. The third kappa shape index (κ3) is 4.36. The van der Waals surface area contributed by atoms with Crippen molar-refractivity contribution >= 4 is 34.8 Å². The van der Waals surface area contributed by atoms with Crippen LogP contribution >= 0.6 is 0 Å². The fraction of sp³-hybridized carbons (Fsp3) is 0.455. The summed E-state index contributed by atoms with van der Waals surface area (Å²) in [6.45, 7) is 4.26. The van der Waals surface area contributed by atoms with E-state index in [9.17, 15) is 29.4 Å². The Labute approximate surface area is 255 Å². The summed E-state index contributed by atoms with van der Waals surface area (Å²) in [4.78, 5) is 56.9. The molecule has 4 N–H and O–H groups in total. The number of benzene rings is 2. The third-order valence-corrected chi connectivity index (χ3v) is 9.75. The maximum atomic E-state index is 14.0. The Morgan fingerprint density at radius 2 is 1.82 bits per heavy atom. The van der Waals surface area contributed by atoms with E-state index in [2.05, 4.69) is 15.5 Å². The molecular weight excluding hydrogens is 562 g/mol. The highest BCUT2D eigenvalue weighted by atomic mass is 16.4. The number of fused-ring (bicyclic) bond motifs is 6. The molecule has 0 spiro atoms. The van der Waals surface area contributed by atoms with Crippen molar-refractivity contribution in [2.75, 3.05) is 23.3 Å². The molecule has 1 saturated heterocycles. The van der Waals surface area contributed by atoms with Gasteiger partial charge in [0, 0.05) is 31.2 Å². The Kier molecular flexibility index (Phi) is 6.87. The molecule has 230 valence electrons. The summed E-state index contributed by atoms with van der Waals surface area (Å²) in [5, 5.41) is 29.9. The molecule has 4 unspecified atom stereocenters. The number of ketones is 2. The molecule has 11 heteroatoms. The zero-order chi connectivity index (χ0) is 30.9. The minimum atomic E-state index is -1.90. The lowest BCUT2D eigenvalue weighted by atomic mass is 9.86. The minimum Gasteiger partial charge on any atom is -0.480 e. The highest BCUT2D eigenvalue weighted by molar-refractivity contribution is 6.11. The van der Waals surface area contributed by atoms with Gasteiger partial charge in [-0.25, -0.2) is 4.90 Å². The zero-order valence-electron chi connectivity index (χ0n) is 24.8. The van der Waals surface area contributed by atoms with E-state index in [-0.39, 0.29) is 42.3 Å². The lowest BCUT2D eigenvalue weighted by Gasteiger charge is -2.45. The van der Waals surface area contributed by atoms with Gasteiger partial charge >= 0.3 is 5.97 Å². The predicted molar refractivity (Wildman–Crippen MR) is 161 cm³/mol. The fourth-order valence-corrected chi connectivity index (χ4v) is 8.02. The van der Waals surface area contributed by atoms with Crippen LogP contribution in [0.3, 0.4) is 0 Å². The number of allylic oxidation sites excluding steroid dienone is 1. The Morgan fingerprint density at radius 3 is 2.59 bits per heavy atom. The molecule has 1 amide bonds. The van der Waals surface area contributed by atoms with Crippen molar-refractivity contribution in [3.63, 3.8) is 0 Å². The van der Waals surface area contributed by atoms with Gasteiger partial charge < -0.3 is 25.7 Å². The van der Waals surface area contributed by atoms with Gasteiger partial charge in [-0.15, -0.1) is 0 Å². The number of aliphatic carboxylic acids is 1. The Bertz CT molecular complexity index is 1600. The number of rotatable bonds is 6. The van der Waals surface area contributed by atoms with Crippen molar-refractivity contribution < 1.29 is 29.4 Å². The molecule has 1 aliphatic carbocycles. The van der Waals surface area contributed by atoms with E-state index in [1.807, 2.05) is 56.3 Å². The molecule has 1 fully saturated rings. The van der Waals surface area contributed by atoms with E-state index in [1.165, 1.54) is 9.80 Å². The van der Waals surface area contributed by atoms with Gasteiger partial charge in [-0.3, -0.25) is 24.1 Å². The second kappa shape index (κ2) is 10.5. The lowest BCUT2D eigenvalue weighted by Crippen LogP contribution is -2.60. The number of Topliss-reactive ketones (excluding diaryl/α,β-unsaturated/α-hetero) is 2. The van der Waals surface area contributed by atoms with E-state index in [1.54, 1.807) is 6.07 Å². The molecule has 4 aliphatic heterocycles. The van der Waals surface area contributed by atoms with Crippen LogP contribution in [0.5, 0.6) is 0 Å². The van der Waals surface area contributed by atoms with E-state index >= 15 is 0 Å². The van der Waals surface area contributed by atoms with Crippen molar-refractivity contribution in [1.82, 2.24) is 15.1 Å². The van der Waals surface area contributed by atoms with Gasteiger partial charge in [0.05, 0.1) is 29.8 Å². The van der Waals surface area contributed by atoms with E-state index in [0.717, 1.165) is 22.4 Å². The first kappa shape index (κ1) is 28.7. The Morgan fingerprint density at radius 1 is 1.07 bits per heavy atom. The summed E-state index contributed by atoms with van der Waals surface area (Å²) in [6.07, 6.45) is 0.399. The van der Waals surface area contributed by atoms with Crippen molar-refractivity contribution in [3.05, 3.63) is 70.9 Å². The fourth-order valence-electron chi connectivity index (χ4n) is 8.02. The van der Waals surface area contributed by atoms with Gasteiger partial charge in [0.25, 0.3) is 0 Å². The van der Waals surface area contributed by atoms with Crippen LogP contribution in [0.4, 0.5) is 11.4 Å². The van der Waals surface area contributed by atoms with Gasteiger partial charge in [0.2, 0.25) is 11.8 Å². The molecule has 11 nitrogen and oxygen atoms in total. The number of carboxylic acids is 1. The van der Waals surface area contributed by atoms with Crippen LogP contribution in [0.25, 0.3) is 0 Å². The molecular formula is C33H37N5O6. The number of amides is 1. The molecule has 44 heavy (non-hydrogen) atoms. The molecule has 5 atom stereocenters. The van der Waals surface area contributed by atoms with Crippen molar-refractivity contribution in [1.29, 1.82) is 0 Å². The van der Waals surface area contributed by atoms with Gasteiger partial charge in [-0.2, -0.15) is 0 Å². The molecule has 0 radical (unpaired) electrons. The van der Waals surface area contributed by atoms with Gasteiger partial charge in [-0.1, -0.05) is 50.2 Å². The van der Waals surface area contributed by atoms with E-state index in [0.29, 0.717) is 37.3 Å². The molecule has 0 saturated carbocycles. The number of nitrogens with zero attached hydrogens (tertiary/aromatic N) is 3. The van der Waals surface area contributed by atoms with Crippen LogP contribution in [-0.4, -0.2) is 80.6 Å². The number of para-hydroxylation sites is 2. The number of anilines is 2. The maximum Gasteiger partial charge on any atom is 0.317 e. The van der Waals surface area contributed by atoms with Crippen LogP contribution in [-0.2, 0) is 25.7 Å². The first-order chi connectivity index (χ1) is 21.1. The summed E-state index contributed by atoms with van der Waals surface area (Å²) >= 11 is 0. The zero-order valence-corrected chi connectivity index (χ0v) is 24.8. The highest BCUT2D eigenvalue weighted by Gasteiger charge is 2.65. The standard InChI is InChI=1S/C33H37N5O6/c1-18(2)11-27-32(43)38-26-10-6-4-8-22(26)23(33(38,44)37(27)17-29(41)42)14-25-31-35-24-9-5-3-7-19(24)16-36(31)30-20(15-34-25)12-21(39)13-28(30)40/h3-10,18,23,25,27,31,34-35,44H,11-17H2,1-2H3,(H,41,42)/t23?,25-,27?,31?,33?/m0/s1. The average molecular weight is 600 g/mol. The third-order valence-electron chi connectivity index (χ3n) is 9.75. The number of hydrogen-bond acceptors (Lipinski definition) is 9. The number of carbonyl (C=O) groups is 4. The summed E-state index contributed by atoms with van der Waals surface area (Å²) in [6, 6.07) is 14.2. The van der Waals surface area contributed by atoms with Crippen LogP contribution in [0.1, 0.15) is 56.6 Å². The Hall–Kier alpha value is -4.06. The van der Waals surface area contributed by atoms with Crippen molar-refractivity contribution in [2.45, 2.75) is 76.1 Å². The summed E-state index contributed by atoms with van der Waals surface area (Å²) < 4.78 is 0. The topological polar surface area (TPSA) is 143 Å². The number of aliphatic hydroxyl groups is 1. The lowest BCUT2D eigenvalue weighted by molar-refractivity contribution is -0.152. The molecule has 2 aromatic rings. The van der Waals surface area contributed by atoms with E-state index in [4.69, 9.17) is 0 Å². The number of nitrogens with one attached hydrogen (secondary N) is 2. The van der Waals surface area contributed by atoms with Crippen LogP contribution < -0.4 is 15.5 Å². The van der Waals surface area contributed by atoms with Crippen LogP contribution in [0, 0.1) is 5.92 Å². The molecule has 5 aliphatic rings. The Balaban J connectivity index is 1.31. The second-order valence-corrected chi connectivity index (χ2v) is 13.0. The first-order valence-corrected chi connectivity index (χ1v) is 15.3. The smallest absolute Gasteiger partial charge is 0.317 e. The minimum absolute atomic E-state index is 0.0961. The van der Waals surface area contributed by atoms with Crippen molar-refractivity contribution in [3.8, 4) is 0 Å². The number of carbonyl (C=O) groups excluding carboxylic acids is 3. The number of carboxylic acid groups (broad SMARTS) is 1. The molecule has 7 rings (SSSR count). The van der Waals surface area contributed by atoms with Gasteiger partial charge in [0.1, 0.15) is 18.5 Å². The predicted octanol–water partition coefficient (Wildman–Crippen LogP) is 2.38.